The van der Waals surface area contributed by atoms with Crippen molar-refractivity contribution in [3.05, 3.63) is 36.9 Å². The molecule has 1 aliphatic heterocycles. The number of aromatic nitrogens is 4. The standard InChI is InChI=1S/C17H21N7O/c18-15-16(23-7-5-22(6-8-23)9-10-25)19-11-20-17(15)24-12-21-13-3-1-2-4-14(13)24/h1-4,11-12,25H,5-10,18H2. The second kappa shape index (κ2) is 6.66. The zero-order valence-corrected chi connectivity index (χ0v) is 13.9. The van der Waals surface area contributed by atoms with Crippen LogP contribution in [0.4, 0.5) is 11.5 Å². The molecule has 3 aromatic rings. The molecule has 8 heteroatoms. The molecule has 3 N–H and O–H groups in total. The van der Waals surface area contributed by atoms with Gasteiger partial charge >= 0.3 is 0 Å². The molecule has 3 heterocycles. The maximum absolute atomic E-state index is 9.07. The minimum Gasteiger partial charge on any atom is -0.395 e. The van der Waals surface area contributed by atoms with E-state index in [9.17, 15) is 0 Å². The number of anilines is 2. The molecule has 8 nitrogen and oxygen atoms in total. The average molecular weight is 339 g/mol. The van der Waals surface area contributed by atoms with Crippen LogP contribution in [0.1, 0.15) is 0 Å². The van der Waals surface area contributed by atoms with Crippen molar-refractivity contribution < 1.29 is 5.11 Å². The molecule has 0 radical (unpaired) electrons. The molecule has 0 amide bonds. The molecule has 0 bridgehead atoms. The fraction of sp³-hybridized carbons (Fsp3) is 0.353. The lowest BCUT2D eigenvalue weighted by molar-refractivity contribution is 0.188. The summed E-state index contributed by atoms with van der Waals surface area (Å²) >= 11 is 0. The molecule has 25 heavy (non-hydrogen) atoms. The summed E-state index contributed by atoms with van der Waals surface area (Å²) in [6.45, 7) is 4.31. The van der Waals surface area contributed by atoms with Gasteiger partial charge in [-0.3, -0.25) is 9.47 Å². The molecule has 0 atom stereocenters. The second-order valence-corrected chi connectivity index (χ2v) is 6.09. The van der Waals surface area contributed by atoms with Gasteiger partial charge < -0.3 is 15.7 Å². The number of rotatable bonds is 4. The van der Waals surface area contributed by atoms with Crippen LogP contribution in [0, 0.1) is 0 Å². The Labute approximate surface area is 145 Å². The van der Waals surface area contributed by atoms with Crippen LogP contribution in [-0.2, 0) is 0 Å². The predicted molar refractivity (Wildman–Crippen MR) is 96.8 cm³/mol. The van der Waals surface area contributed by atoms with E-state index in [1.807, 2.05) is 28.8 Å². The van der Waals surface area contributed by atoms with Crippen molar-refractivity contribution in [2.75, 3.05) is 50.0 Å². The molecule has 1 aromatic carbocycles. The Bertz CT molecular complexity index is 870. The minimum atomic E-state index is 0.188. The zero-order valence-electron chi connectivity index (χ0n) is 13.9. The summed E-state index contributed by atoms with van der Waals surface area (Å²) in [5.41, 5.74) is 8.84. The number of nitrogen functional groups attached to an aromatic ring is 1. The van der Waals surface area contributed by atoms with Crippen LogP contribution < -0.4 is 10.6 Å². The number of nitrogens with two attached hydrogens (primary N) is 1. The number of nitrogens with zero attached hydrogens (tertiary/aromatic N) is 6. The molecule has 1 saturated heterocycles. The molecule has 0 saturated carbocycles. The Hall–Kier alpha value is -2.71. The van der Waals surface area contributed by atoms with Crippen molar-refractivity contribution in [2.24, 2.45) is 0 Å². The molecule has 1 fully saturated rings. The summed E-state index contributed by atoms with van der Waals surface area (Å²) in [7, 11) is 0. The third-order valence-electron chi connectivity index (χ3n) is 4.61. The number of imidazole rings is 1. The molecular formula is C17H21N7O. The van der Waals surface area contributed by atoms with Crippen LogP contribution in [0.25, 0.3) is 16.9 Å². The molecular weight excluding hydrogens is 318 g/mol. The Kier molecular flexibility index (Phi) is 4.21. The normalized spacial score (nSPS) is 15.8. The molecule has 2 aromatic heterocycles. The smallest absolute Gasteiger partial charge is 0.167 e. The van der Waals surface area contributed by atoms with Crippen molar-refractivity contribution in [3.63, 3.8) is 0 Å². The van der Waals surface area contributed by atoms with E-state index in [-0.39, 0.29) is 6.61 Å². The lowest BCUT2D eigenvalue weighted by Gasteiger charge is -2.35. The molecule has 0 spiro atoms. The largest absolute Gasteiger partial charge is 0.395 e. The number of hydrogen-bond donors (Lipinski definition) is 2. The summed E-state index contributed by atoms with van der Waals surface area (Å²) in [4.78, 5) is 17.6. The van der Waals surface area contributed by atoms with Crippen molar-refractivity contribution in [1.29, 1.82) is 0 Å². The minimum absolute atomic E-state index is 0.188. The lowest BCUT2D eigenvalue weighted by Crippen LogP contribution is -2.47. The molecule has 0 unspecified atom stereocenters. The average Bonchev–Trinajstić information content (AvgIpc) is 3.07. The molecule has 1 aliphatic rings. The summed E-state index contributed by atoms with van der Waals surface area (Å²) in [6.07, 6.45) is 3.29. The third-order valence-corrected chi connectivity index (χ3v) is 4.61. The highest BCUT2D eigenvalue weighted by Gasteiger charge is 2.21. The number of fused-ring (bicyclic) bond motifs is 1. The number of benzene rings is 1. The Morgan fingerprint density at radius 2 is 1.76 bits per heavy atom. The van der Waals surface area contributed by atoms with Gasteiger partial charge in [-0.15, -0.1) is 0 Å². The maximum Gasteiger partial charge on any atom is 0.167 e. The Morgan fingerprint density at radius 3 is 2.56 bits per heavy atom. The van der Waals surface area contributed by atoms with Gasteiger partial charge in [-0.1, -0.05) is 12.1 Å². The van der Waals surface area contributed by atoms with Gasteiger partial charge in [-0.05, 0) is 12.1 Å². The quantitative estimate of drug-likeness (QED) is 0.715. The first kappa shape index (κ1) is 15.8. The van der Waals surface area contributed by atoms with Crippen molar-refractivity contribution >= 4 is 22.5 Å². The summed E-state index contributed by atoms with van der Waals surface area (Å²) in [5.74, 6) is 1.41. The van der Waals surface area contributed by atoms with Crippen LogP contribution in [0.3, 0.4) is 0 Å². The zero-order chi connectivity index (χ0) is 17.2. The Morgan fingerprint density at radius 1 is 1.00 bits per heavy atom. The fourth-order valence-electron chi connectivity index (χ4n) is 3.27. The number of hydrogen-bond acceptors (Lipinski definition) is 7. The van der Waals surface area contributed by atoms with Crippen molar-refractivity contribution in [3.8, 4) is 5.82 Å². The molecule has 4 rings (SSSR count). The first-order valence-corrected chi connectivity index (χ1v) is 8.39. The number of aliphatic hydroxyl groups is 1. The fourth-order valence-corrected chi connectivity index (χ4v) is 3.27. The SMILES string of the molecule is Nc1c(N2CCN(CCO)CC2)ncnc1-n1cnc2ccccc21. The lowest BCUT2D eigenvalue weighted by atomic mass is 10.3. The van der Waals surface area contributed by atoms with Crippen LogP contribution in [0.5, 0.6) is 0 Å². The predicted octanol–water partition coefficient (Wildman–Crippen LogP) is 0.512. The number of aliphatic hydroxyl groups excluding tert-OH is 1. The van der Waals surface area contributed by atoms with Gasteiger partial charge in [0.2, 0.25) is 0 Å². The highest BCUT2D eigenvalue weighted by molar-refractivity contribution is 5.80. The van der Waals surface area contributed by atoms with Crippen LogP contribution in [0.15, 0.2) is 36.9 Å². The number of β-amino-alcohol motifs (C(OH)–C–C–N with tert-alkyl or cyclic N) is 1. The number of para-hydroxylation sites is 2. The van der Waals surface area contributed by atoms with Gasteiger partial charge in [-0.25, -0.2) is 15.0 Å². The summed E-state index contributed by atoms with van der Waals surface area (Å²) in [6, 6.07) is 7.89. The van der Waals surface area contributed by atoms with E-state index in [2.05, 4.69) is 24.8 Å². The van der Waals surface area contributed by atoms with E-state index >= 15 is 0 Å². The van der Waals surface area contributed by atoms with E-state index in [4.69, 9.17) is 10.8 Å². The van der Waals surface area contributed by atoms with E-state index in [1.54, 1.807) is 12.7 Å². The van der Waals surface area contributed by atoms with E-state index in [1.165, 1.54) is 0 Å². The van der Waals surface area contributed by atoms with E-state index in [0.29, 0.717) is 18.1 Å². The van der Waals surface area contributed by atoms with Gasteiger partial charge in [0.05, 0.1) is 17.6 Å². The number of piperazine rings is 1. The maximum atomic E-state index is 9.07. The van der Waals surface area contributed by atoms with E-state index < -0.39 is 0 Å². The van der Waals surface area contributed by atoms with E-state index in [0.717, 1.165) is 43.0 Å². The summed E-state index contributed by atoms with van der Waals surface area (Å²) < 4.78 is 1.90. The molecule has 0 aliphatic carbocycles. The first-order valence-electron chi connectivity index (χ1n) is 8.39. The highest BCUT2D eigenvalue weighted by Crippen LogP contribution is 2.28. The monoisotopic (exact) mass is 339 g/mol. The van der Waals surface area contributed by atoms with Gasteiger partial charge in [0.1, 0.15) is 18.3 Å². The van der Waals surface area contributed by atoms with Crippen LogP contribution in [-0.4, -0.2) is 68.9 Å². The highest BCUT2D eigenvalue weighted by atomic mass is 16.3. The molecule has 130 valence electrons. The second-order valence-electron chi connectivity index (χ2n) is 6.09. The van der Waals surface area contributed by atoms with Crippen molar-refractivity contribution in [1.82, 2.24) is 24.4 Å². The van der Waals surface area contributed by atoms with Crippen LogP contribution in [0.2, 0.25) is 0 Å². The van der Waals surface area contributed by atoms with Gasteiger partial charge in [0.15, 0.2) is 11.6 Å². The van der Waals surface area contributed by atoms with Crippen LogP contribution >= 0.6 is 0 Å². The van der Waals surface area contributed by atoms with Crippen molar-refractivity contribution in [2.45, 2.75) is 0 Å². The van der Waals surface area contributed by atoms with Gasteiger partial charge in [0, 0.05) is 32.7 Å². The first-order chi connectivity index (χ1) is 12.3. The Balaban J connectivity index is 1.65. The summed E-state index contributed by atoms with van der Waals surface area (Å²) in [5, 5.41) is 9.07. The topological polar surface area (TPSA) is 96.3 Å². The third kappa shape index (κ3) is 2.90. The van der Waals surface area contributed by atoms with Gasteiger partial charge in [0.25, 0.3) is 0 Å². The van der Waals surface area contributed by atoms with Gasteiger partial charge in [-0.2, -0.15) is 0 Å².